The van der Waals surface area contributed by atoms with Gasteiger partial charge in [0.15, 0.2) is 0 Å². The van der Waals surface area contributed by atoms with Crippen LogP contribution in [0.2, 0.25) is 0 Å². The molecule has 0 spiro atoms. The fraction of sp³-hybridized carbons (Fsp3) is 0.500. The molecule has 0 aliphatic rings. The van der Waals surface area contributed by atoms with E-state index >= 15 is 0 Å². The number of allylic oxidation sites excluding steroid dienone is 2. The van der Waals surface area contributed by atoms with Gasteiger partial charge in [0.05, 0.1) is 0 Å². The second-order valence-corrected chi connectivity index (χ2v) is 5.03. The van der Waals surface area contributed by atoms with Gasteiger partial charge >= 0.3 is 0 Å². The lowest BCUT2D eigenvalue weighted by atomic mass is 10.0. The number of Topliss-reactive ketones (excluding diaryl/α,β-unsaturated/α-hetero) is 1. The van der Waals surface area contributed by atoms with Gasteiger partial charge in [0, 0.05) is 12.8 Å². The van der Waals surface area contributed by atoms with Crippen LogP contribution in [0.3, 0.4) is 0 Å². The molecule has 0 aliphatic heterocycles. The largest absolute Gasteiger partial charge is 0.300 e. The zero-order valence-corrected chi connectivity index (χ0v) is 12.1. The highest BCUT2D eigenvalue weighted by Gasteiger charge is 2.01. The van der Waals surface area contributed by atoms with Crippen LogP contribution in [0.1, 0.15) is 57.4 Å². The molecule has 0 aromatic heterocycles. The quantitative estimate of drug-likeness (QED) is 0.421. The van der Waals surface area contributed by atoms with E-state index in [2.05, 4.69) is 31.2 Å². The Morgan fingerprint density at radius 1 is 1.00 bits per heavy atom. The molecule has 1 nitrogen and oxygen atoms in total. The minimum absolute atomic E-state index is 0.377. The summed E-state index contributed by atoms with van der Waals surface area (Å²) in [5.74, 6) is 0.377. The summed E-state index contributed by atoms with van der Waals surface area (Å²) < 4.78 is 0. The first kappa shape index (κ1) is 15.7. The van der Waals surface area contributed by atoms with E-state index < -0.39 is 0 Å². The molecule has 1 aromatic carbocycles. The average Bonchev–Trinajstić information content (AvgIpc) is 2.45. The molecule has 1 heteroatoms. The first-order valence-corrected chi connectivity index (χ1v) is 7.53. The fourth-order valence-corrected chi connectivity index (χ4v) is 2.05. The summed E-state index contributed by atoms with van der Waals surface area (Å²) in [5, 5.41) is 0. The molecule has 0 radical (unpaired) electrons. The number of rotatable bonds is 10. The van der Waals surface area contributed by atoms with Crippen LogP contribution in [0.25, 0.3) is 0 Å². The van der Waals surface area contributed by atoms with Crippen LogP contribution in [0.15, 0.2) is 42.5 Å². The molecule has 1 rings (SSSR count). The third kappa shape index (κ3) is 8.36. The molecule has 104 valence electrons. The van der Waals surface area contributed by atoms with E-state index in [0.717, 1.165) is 19.3 Å². The van der Waals surface area contributed by atoms with E-state index in [1.165, 1.54) is 24.8 Å². The van der Waals surface area contributed by atoms with Crippen LogP contribution < -0.4 is 0 Å². The maximum Gasteiger partial charge on any atom is 0.133 e. The molecule has 0 saturated heterocycles. The lowest BCUT2D eigenvalue weighted by Crippen LogP contribution is -1.99. The lowest BCUT2D eigenvalue weighted by molar-refractivity contribution is -0.118. The molecule has 0 aliphatic carbocycles. The zero-order valence-electron chi connectivity index (χ0n) is 12.1. The standard InChI is InChI=1S/C18H26O/c1-2-3-4-5-6-7-11-14-18(19)16-15-17-12-9-8-10-13-17/h6-10,12-13H,2-5,11,14-16H2,1H3/b7-6+. The summed E-state index contributed by atoms with van der Waals surface area (Å²) in [6, 6.07) is 10.2. The van der Waals surface area contributed by atoms with Gasteiger partial charge in [0.1, 0.15) is 5.78 Å². The van der Waals surface area contributed by atoms with Gasteiger partial charge in [0.2, 0.25) is 0 Å². The van der Waals surface area contributed by atoms with E-state index in [4.69, 9.17) is 0 Å². The van der Waals surface area contributed by atoms with E-state index in [-0.39, 0.29) is 0 Å². The van der Waals surface area contributed by atoms with Crippen molar-refractivity contribution in [3.05, 3.63) is 48.0 Å². The highest BCUT2D eigenvalue weighted by Crippen LogP contribution is 2.06. The Morgan fingerprint density at radius 3 is 2.47 bits per heavy atom. The van der Waals surface area contributed by atoms with Crippen molar-refractivity contribution in [1.29, 1.82) is 0 Å². The fourth-order valence-electron chi connectivity index (χ4n) is 2.05. The predicted octanol–water partition coefficient (Wildman–Crippen LogP) is 5.11. The Kier molecular flexibility index (Phi) is 8.70. The van der Waals surface area contributed by atoms with Crippen molar-refractivity contribution >= 4 is 5.78 Å². The van der Waals surface area contributed by atoms with Crippen LogP contribution in [-0.4, -0.2) is 5.78 Å². The van der Waals surface area contributed by atoms with Crippen molar-refractivity contribution in [2.75, 3.05) is 0 Å². The van der Waals surface area contributed by atoms with Crippen molar-refractivity contribution in [3.8, 4) is 0 Å². The molecule has 0 fully saturated rings. The molecule has 1 aromatic rings. The number of ketones is 1. The summed E-state index contributed by atoms with van der Waals surface area (Å²) in [7, 11) is 0. The van der Waals surface area contributed by atoms with Crippen LogP contribution in [0.4, 0.5) is 0 Å². The third-order valence-corrected chi connectivity index (χ3v) is 3.27. The number of unbranched alkanes of at least 4 members (excludes halogenated alkanes) is 3. The molecule has 0 bridgehead atoms. The number of hydrogen-bond donors (Lipinski definition) is 0. The van der Waals surface area contributed by atoms with E-state index in [1.807, 2.05) is 18.2 Å². The molecular formula is C18H26O. The molecule has 0 atom stereocenters. The van der Waals surface area contributed by atoms with Crippen LogP contribution in [0, 0.1) is 0 Å². The summed E-state index contributed by atoms with van der Waals surface area (Å²) in [6.07, 6.45) is 12.5. The predicted molar refractivity (Wildman–Crippen MR) is 82.3 cm³/mol. The summed E-state index contributed by atoms with van der Waals surface area (Å²) >= 11 is 0. The highest BCUT2D eigenvalue weighted by molar-refractivity contribution is 5.78. The van der Waals surface area contributed by atoms with Crippen molar-refractivity contribution in [2.24, 2.45) is 0 Å². The smallest absolute Gasteiger partial charge is 0.133 e. The van der Waals surface area contributed by atoms with E-state index in [0.29, 0.717) is 18.6 Å². The SMILES string of the molecule is CCCCC/C=C/CCC(=O)CCc1ccccc1. The van der Waals surface area contributed by atoms with Crippen LogP contribution in [0.5, 0.6) is 0 Å². The molecule has 0 heterocycles. The Hall–Kier alpha value is -1.37. The highest BCUT2D eigenvalue weighted by atomic mass is 16.1. The van der Waals surface area contributed by atoms with Crippen molar-refractivity contribution in [2.45, 2.75) is 58.3 Å². The Balaban J connectivity index is 2.05. The van der Waals surface area contributed by atoms with Gasteiger partial charge < -0.3 is 0 Å². The third-order valence-electron chi connectivity index (χ3n) is 3.27. The number of benzene rings is 1. The van der Waals surface area contributed by atoms with Crippen molar-refractivity contribution in [1.82, 2.24) is 0 Å². The van der Waals surface area contributed by atoms with Crippen molar-refractivity contribution < 1.29 is 4.79 Å². The van der Waals surface area contributed by atoms with Gasteiger partial charge in [-0.15, -0.1) is 0 Å². The first-order chi connectivity index (χ1) is 9.33. The minimum atomic E-state index is 0.377. The second kappa shape index (κ2) is 10.5. The van der Waals surface area contributed by atoms with Gasteiger partial charge in [-0.1, -0.05) is 62.2 Å². The minimum Gasteiger partial charge on any atom is -0.300 e. The topological polar surface area (TPSA) is 17.1 Å². The molecule has 0 amide bonds. The number of hydrogen-bond acceptors (Lipinski definition) is 1. The van der Waals surface area contributed by atoms with Gasteiger partial charge in [-0.2, -0.15) is 0 Å². The van der Waals surface area contributed by atoms with Crippen LogP contribution in [-0.2, 0) is 11.2 Å². The zero-order chi connectivity index (χ0) is 13.8. The molecule has 0 N–H and O–H groups in total. The maximum atomic E-state index is 11.7. The first-order valence-electron chi connectivity index (χ1n) is 7.53. The normalized spacial score (nSPS) is 11.0. The summed E-state index contributed by atoms with van der Waals surface area (Å²) in [4.78, 5) is 11.7. The van der Waals surface area contributed by atoms with Gasteiger partial charge in [-0.3, -0.25) is 4.79 Å². The van der Waals surface area contributed by atoms with Crippen LogP contribution >= 0.6 is 0 Å². The number of aryl methyl sites for hydroxylation is 1. The van der Waals surface area contributed by atoms with Gasteiger partial charge in [-0.25, -0.2) is 0 Å². The van der Waals surface area contributed by atoms with Gasteiger partial charge in [0.25, 0.3) is 0 Å². The van der Waals surface area contributed by atoms with Gasteiger partial charge in [-0.05, 0) is 31.2 Å². The second-order valence-electron chi connectivity index (χ2n) is 5.03. The average molecular weight is 258 g/mol. The summed E-state index contributed by atoms with van der Waals surface area (Å²) in [6.45, 7) is 2.22. The number of carbonyl (C=O) groups excluding carboxylic acids is 1. The molecule has 0 saturated carbocycles. The van der Waals surface area contributed by atoms with E-state index in [1.54, 1.807) is 0 Å². The Labute approximate surface area is 117 Å². The number of carbonyl (C=O) groups is 1. The summed E-state index contributed by atoms with van der Waals surface area (Å²) in [5.41, 5.74) is 1.26. The Morgan fingerprint density at radius 2 is 1.74 bits per heavy atom. The van der Waals surface area contributed by atoms with Crippen molar-refractivity contribution in [3.63, 3.8) is 0 Å². The monoisotopic (exact) mass is 258 g/mol. The molecular weight excluding hydrogens is 232 g/mol. The Bertz CT molecular complexity index is 365. The van der Waals surface area contributed by atoms with E-state index in [9.17, 15) is 4.79 Å². The lowest BCUT2D eigenvalue weighted by Gasteiger charge is -2.00. The molecule has 19 heavy (non-hydrogen) atoms. The molecule has 0 unspecified atom stereocenters. The maximum absolute atomic E-state index is 11.7.